The Hall–Kier alpha value is -3.43. The molecule has 0 saturated heterocycles. The molecule has 0 radical (unpaired) electrons. The second-order valence-electron chi connectivity index (χ2n) is 7.14. The van der Waals surface area contributed by atoms with E-state index < -0.39 is 24.3 Å². The number of hydrogen-bond donors (Lipinski definition) is 1. The number of hydrogen-bond acceptors (Lipinski definition) is 3. The number of carbonyl (C=O) groups excluding carboxylic acids is 1. The van der Waals surface area contributed by atoms with Crippen molar-refractivity contribution in [2.24, 2.45) is 0 Å². The Morgan fingerprint density at radius 3 is 2.47 bits per heavy atom. The van der Waals surface area contributed by atoms with Crippen LogP contribution in [0.1, 0.15) is 28.1 Å². The molecular weight excluding hydrogens is 433 g/mol. The molecule has 0 bridgehead atoms. The van der Waals surface area contributed by atoms with Crippen molar-refractivity contribution in [2.45, 2.75) is 40.0 Å². The highest BCUT2D eigenvalue weighted by molar-refractivity contribution is 5.93. The van der Waals surface area contributed by atoms with E-state index in [1.165, 1.54) is 35.9 Å². The smallest absolute Gasteiger partial charge is 0.416 e. The van der Waals surface area contributed by atoms with Crippen molar-refractivity contribution >= 4 is 11.6 Å². The molecule has 2 aromatic carbocycles. The molecule has 10 heteroatoms. The van der Waals surface area contributed by atoms with Crippen molar-refractivity contribution in [1.29, 1.82) is 0 Å². The van der Waals surface area contributed by atoms with Crippen LogP contribution in [0.25, 0.3) is 5.69 Å². The van der Waals surface area contributed by atoms with E-state index in [0.29, 0.717) is 28.2 Å². The number of alkyl halides is 5. The maximum absolute atomic E-state index is 13.0. The van der Waals surface area contributed by atoms with Gasteiger partial charge in [-0.1, -0.05) is 12.1 Å². The number of aryl methyl sites for hydroxylation is 1. The predicted molar refractivity (Wildman–Crippen MR) is 108 cm³/mol. The van der Waals surface area contributed by atoms with Crippen molar-refractivity contribution < 1.29 is 31.5 Å². The minimum atomic E-state index is -4.49. The van der Waals surface area contributed by atoms with Crippen LogP contribution in [-0.4, -0.2) is 22.3 Å². The lowest BCUT2D eigenvalue weighted by atomic mass is 10.1. The van der Waals surface area contributed by atoms with Gasteiger partial charge < -0.3 is 10.1 Å². The standard InChI is InChI=1S/C22H20F5N3O2/c1-12-18(8-5-9-19(12)32-21(23)24)28-20(31)11-17-13(2)29-30(14(17)3)16-7-4-6-15(10-16)22(25,26)27/h4-10,21H,11H2,1-3H3,(H,28,31). The second kappa shape index (κ2) is 8.97. The van der Waals surface area contributed by atoms with Crippen molar-refractivity contribution in [3.63, 3.8) is 0 Å². The molecule has 0 aliphatic rings. The number of benzene rings is 2. The normalized spacial score (nSPS) is 11.7. The van der Waals surface area contributed by atoms with Crippen molar-refractivity contribution in [2.75, 3.05) is 5.32 Å². The lowest BCUT2D eigenvalue weighted by Gasteiger charge is -2.13. The first-order chi connectivity index (χ1) is 15.0. The molecule has 32 heavy (non-hydrogen) atoms. The summed E-state index contributed by atoms with van der Waals surface area (Å²) >= 11 is 0. The van der Waals surface area contributed by atoms with E-state index in [-0.39, 0.29) is 17.9 Å². The van der Waals surface area contributed by atoms with Crippen molar-refractivity contribution in [1.82, 2.24) is 9.78 Å². The van der Waals surface area contributed by atoms with Crippen LogP contribution >= 0.6 is 0 Å². The molecule has 170 valence electrons. The van der Waals surface area contributed by atoms with Gasteiger partial charge in [-0.3, -0.25) is 4.79 Å². The first kappa shape index (κ1) is 23.2. The van der Waals surface area contributed by atoms with E-state index in [1.54, 1.807) is 19.9 Å². The van der Waals surface area contributed by atoms with Gasteiger partial charge in [0.1, 0.15) is 5.75 Å². The van der Waals surface area contributed by atoms with Gasteiger partial charge in [0.25, 0.3) is 0 Å². The van der Waals surface area contributed by atoms with Gasteiger partial charge >= 0.3 is 12.8 Å². The average Bonchev–Trinajstić information content (AvgIpc) is 2.98. The van der Waals surface area contributed by atoms with Crippen molar-refractivity contribution in [3.05, 3.63) is 70.5 Å². The van der Waals surface area contributed by atoms with Gasteiger partial charge in [-0.15, -0.1) is 0 Å². The van der Waals surface area contributed by atoms with E-state index in [0.717, 1.165) is 12.1 Å². The molecule has 1 N–H and O–H groups in total. The fourth-order valence-electron chi connectivity index (χ4n) is 3.32. The number of anilines is 1. The fraction of sp³-hybridized carbons (Fsp3) is 0.273. The van der Waals surface area contributed by atoms with Gasteiger partial charge in [-0.25, -0.2) is 4.68 Å². The number of aromatic nitrogens is 2. The minimum absolute atomic E-state index is 0.0532. The fourth-order valence-corrected chi connectivity index (χ4v) is 3.32. The molecule has 3 aromatic rings. The number of nitrogens with zero attached hydrogens (tertiary/aromatic N) is 2. The van der Waals surface area contributed by atoms with Crippen LogP contribution in [-0.2, 0) is 17.4 Å². The molecule has 0 fully saturated rings. The predicted octanol–water partition coefficient (Wildman–Crippen LogP) is 5.60. The van der Waals surface area contributed by atoms with Gasteiger partial charge in [0.2, 0.25) is 5.91 Å². The Balaban J connectivity index is 1.83. The zero-order chi connectivity index (χ0) is 23.6. The molecule has 0 unspecified atom stereocenters. The number of carbonyl (C=O) groups is 1. The van der Waals surface area contributed by atoms with E-state index in [1.807, 2.05) is 0 Å². The third-order valence-corrected chi connectivity index (χ3v) is 4.97. The van der Waals surface area contributed by atoms with Crippen LogP contribution in [0.15, 0.2) is 42.5 Å². The van der Waals surface area contributed by atoms with E-state index >= 15 is 0 Å². The molecule has 0 spiro atoms. The maximum atomic E-state index is 13.0. The summed E-state index contributed by atoms with van der Waals surface area (Å²) < 4.78 is 70.0. The van der Waals surface area contributed by atoms with Gasteiger partial charge in [0, 0.05) is 22.5 Å². The summed E-state index contributed by atoms with van der Waals surface area (Å²) in [5.41, 5.74) is 1.63. The highest BCUT2D eigenvalue weighted by Gasteiger charge is 2.31. The summed E-state index contributed by atoms with van der Waals surface area (Å²) in [5.74, 6) is -0.486. The zero-order valence-electron chi connectivity index (χ0n) is 17.4. The topological polar surface area (TPSA) is 56.2 Å². The molecule has 1 heterocycles. The highest BCUT2D eigenvalue weighted by atomic mass is 19.4. The summed E-state index contributed by atoms with van der Waals surface area (Å²) in [6, 6.07) is 9.14. The van der Waals surface area contributed by atoms with Gasteiger partial charge in [0.05, 0.1) is 23.4 Å². The number of rotatable bonds is 6. The van der Waals surface area contributed by atoms with Crippen molar-refractivity contribution in [3.8, 4) is 11.4 Å². The summed E-state index contributed by atoms with van der Waals surface area (Å²) in [6.07, 6.45) is -4.59. The largest absolute Gasteiger partial charge is 0.434 e. The number of halogens is 5. The monoisotopic (exact) mass is 453 g/mol. The molecule has 3 rings (SSSR count). The Labute approximate surface area is 180 Å². The highest BCUT2D eigenvalue weighted by Crippen LogP contribution is 2.31. The van der Waals surface area contributed by atoms with Gasteiger partial charge in [0.15, 0.2) is 0 Å². The third-order valence-electron chi connectivity index (χ3n) is 4.97. The zero-order valence-corrected chi connectivity index (χ0v) is 17.4. The van der Waals surface area contributed by atoms with Crippen LogP contribution in [0.2, 0.25) is 0 Å². The van der Waals surface area contributed by atoms with E-state index in [4.69, 9.17) is 0 Å². The van der Waals surface area contributed by atoms with Crippen LogP contribution in [0, 0.1) is 20.8 Å². The number of amides is 1. The lowest BCUT2D eigenvalue weighted by Crippen LogP contribution is -2.16. The second-order valence-corrected chi connectivity index (χ2v) is 7.14. The third kappa shape index (κ3) is 5.06. The molecule has 0 atom stereocenters. The van der Waals surface area contributed by atoms with E-state index in [2.05, 4.69) is 15.2 Å². The Bertz CT molecular complexity index is 1140. The van der Waals surface area contributed by atoms with Crippen LogP contribution < -0.4 is 10.1 Å². The minimum Gasteiger partial charge on any atom is -0.434 e. The van der Waals surface area contributed by atoms with Crippen LogP contribution in [0.5, 0.6) is 5.75 Å². The molecule has 0 saturated carbocycles. The summed E-state index contributed by atoms with van der Waals surface area (Å²) in [4.78, 5) is 12.6. The van der Waals surface area contributed by atoms with Gasteiger partial charge in [-0.2, -0.15) is 27.1 Å². The number of nitrogens with one attached hydrogen (secondary N) is 1. The quantitative estimate of drug-likeness (QED) is 0.495. The summed E-state index contributed by atoms with van der Waals surface area (Å²) in [5, 5.41) is 6.95. The average molecular weight is 453 g/mol. The van der Waals surface area contributed by atoms with Crippen LogP contribution in [0.4, 0.5) is 27.6 Å². The molecule has 1 amide bonds. The molecule has 0 aliphatic heterocycles. The van der Waals surface area contributed by atoms with E-state index in [9.17, 15) is 26.7 Å². The SMILES string of the molecule is Cc1nn(-c2cccc(C(F)(F)F)c2)c(C)c1CC(=O)Nc1cccc(OC(F)F)c1C. The maximum Gasteiger partial charge on any atom is 0.416 e. The Morgan fingerprint density at radius 1 is 1.12 bits per heavy atom. The number of ether oxygens (including phenoxy) is 1. The molecule has 1 aromatic heterocycles. The molecule has 5 nitrogen and oxygen atoms in total. The lowest BCUT2D eigenvalue weighted by molar-refractivity contribution is -0.137. The first-order valence-corrected chi connectivity index (χ1v) is 9.54. The van der Waals surface area contributed by atoms with Gasteiger partial charge in [-0.05, 0) is 51.1 Å². The summed E-state index contributed by atoms with van der Waals surface area (Å²) in [7, 11) is 0. The molecule has 0 aliphatic carbocycles. The summed E-state index contributed by atoms with van der Waals surface area (Å²) in [6.45, 7) is 1.86. The van der Waals surface area contributed by atoms with Crippen LogP contribution in [0.3, 0.4) is 0 Å². The Morgan fingerprint density at radius 2 is 1.81 bits per heavy atom. The molecular formula is C22H20F5N3O2. The Kier molecular flexibility index (Phi) is 6.52. The first-order valence-electron chi connectivity index (χ1n) is 9.54.